The molecule has 0 aliphatic heterocycles. The lowest BCUT2D eigenvalue weighted by Gasteiger charge is -2.25. The van der Waals surface area contributed by atoms with Gasteiger partial charge in [0.05, 0.1) is 5.60 Å². The van der Waals surface area contributed by atoms with Gasteiger partial charge in [0, 0.05) is 24.7 Å². The second-order valence-electron chi connectivity index (χ2n) is 4.88. The van der Waals surface area contributed by atoms with E-state index < -0.39 is 0 Å². The van der Waals surface area contributed by atoms with E-state index in [1.165, 1.54) is 5.56 Å². The monoisotopic (exact) mass is 255 g/mol. The Balaban J connectivity index is 2.43. The van der Waals surface area contributed by atoms with Gasteiger partial charge in [0.2, 0.25) is 0 Å². The van der Waals surface area contributed by atoms with E-state index in [1.807, 2.05) is 26.0 Å². The van der Waals surface area contributed by atoms with E-state index in [2.05, 4.69) is 25.2 Å². The van der Waals surface area contributed by atoms with Crippen LogP contribution in [0.25, 0.3) is 0 Å². The van der Waals surface area contributed by atoms with Gasteiger partial charge in [0.15, 0.2) is 0 Å². The molecule has 0 saturated heterocycles. The molecule has 1 N–H and O–H groups in total. The largest absolute Gasteiger partial charge is 0.375 e. The number of ether oxygens (including phenoxy) is 1. The summed E-state index contributed by atoms with van der Waals surface area (Å²) in [6, 6.07) is 6.16. The average molecular weight is 256 g/mol. The number of halogens is 1. The summed E-state index contributed by atoms with van der Waals surface area (Å²) in [6.07, 6.45) is 0. The van der Waals surface area contributed by atoms with E-state index in [0.717, 1.165) is 30.3 Å². The maximum atomic E-state index is 6.08. The van der Waals surface area contributed by atoms with Crippen molar-refractivity contribution in [1.29, 1.82) is 0 Å². The first-order valence-electron chi connectivity index (χ1n) is 6.04. The highest BCUT2D eigenvalue weighted by atomic mass is 35.5. The summed E-state index contributed by atoms with van der Waals surface area (Å²) in [5.74, 6) is 0. The van der Waals surface area contributed by atoms with E-state index in [4.69, 9.17) is 16.3 Å². The first-order chi connectivity index (χ1) is 7.94. The predicted molar refractivity (Wildman–Crippen MR) is 73.6 cm³/mol. The van der Waals surface area contributed by atoms with Gasteiger partial charge in [-0.15, -0.1) is 0 Å². The molecule has 1 aromatic carbocycles. The topological polar surface area (TPSA) is 21.3 Å². The van der Waals surface area contributed by atoms with Gasteiger partial charge in [-0.3, -0.25) is 0 Å². The number of hydrogen-bond donors (Lipinski definition) is 1. The van der Waals surface area contributed by atoms with E-state index in [9.17, 15) is 0 Å². The minimum atomic E-state index is -0.122. The number of benzene rings is 1. The molecule has 17 heavy (non-hydrogen) atoms. The first-order valence-corrected chi connectivity index (χ1v) is 6.42. The van der Waals surface area contributed by atoms with Gasteiger partial charge >= 0.3 is 0 Å². The molecule has 0 amide bonds. The Morgan fingerprint density at radius 2 is 2.06 bits per heavy atom. The minimum Gasteiger partial charge on any atom is -0.375 e. The standard InChI is InChI=1S/C14H22ClNO/c1-5-17-14(3,4)10-16-9-12-7-6-11(2)13(15)8-12/h6-8,16H,5,9-10H2,1-4H3. The molecule has 0 radical (unpaired) electrons. The summed E-state index contributed by atoms with van der Waals surface area (Å²) >= 11 is 6.08. The molecule has 2 nitrogen and oxygen atoms in total. The first kappa shape index (κ1) is 14.5. The normalized spacial score (nSPS) is 11.8. The van der Waals surface area contributed by atoms with Gasteiger partial charge in [0.1, 0.15) is 0 Å². The lowest BCUT2D eigenvalue weighted by Crippen LogP contribution is -2.37. The molecule has 1 aromatic rings. The maximum Gasteiger partial charge on any atom is 0.0750 e. The molecule has 0 spiro atoms. The van der Waals surface area contributed by atoms with E-state index in [1.54, 1.807) is 0 Å². The molecule has 0 atom stereocenters. The Morgan fingerprint density at radius 1 is 1.35 bits per heavy atom. The fraction of sp³-hybridized carbons (Fsp3) is 0.571. The molecule has 0 heterocycles. The van der Waals surface area contributed by atoms with Crippen molar-refractivity contribution in [2.45, 2.75) is 39.8 Å². The van der Waals surface area contributed by atoms with Crippen molar-refractivity contribution in [2.75, 3.05) is 13.2 Å². The van der Waals surface area contributed by atoms with Crippen LogP contribution < -0.4 is 5.32 Å². The molecule has 3 heteroatoms. The smallest absolute Gasteiger partial charge is 0.0750 e. The third-order valence-corrected chi connectivity index (χ3v) is 3.06. The summed E-state index contributed by atoms with van der Waals surface area (Å²) in [4.78, 5) is 0. The Labute approximate surface area is 109 Å². The van der Waals surface area contributed by atoms with Crippen molar-refractivity contribution in [1.82, 2.24) is 5.32 Å². The van der Waals surface area contributed by atoms with Gasteiger partial charge in [-0.05, 0) is 44.9 Å². The van der Waals surface area contributed by atoms with Crippen LogP contribution in [0.4, 0.5) is 0 Å². The third kappa shape index (κ3) is 5.07. The molecule has 0 aliphatic rings. The molecule has 0 aliphatic carbocycles. The molecular formula is C14H22ClNO. The van der Waals surface area contributed by atoms with Crippen molar-refractivity contribution in [3.63, 3.8) is 0 Å². The third-order valence-electron chi connectivity index (χ3n) is 2.65. The Kier molecular flexibility index (Phi) is 5.44. The fourth-order valence-electron chi connectivity index (χ4n) is 1.70. The van der Waals surface area contributed by atoms with Crippen molar-refractivity contribution < 1.29 is 4.74 Å². The molecule has 0 aromatic heterocycles. The second kappa shape index (κ2) is 6.39. The van der Waals surface area contributed by atoms with Crippen LogP contribution in [0.1, 0.15) is 31.9 Å². The van der Waals surface area contributed by atoms with Crippen molar-refractivity contribution in [3.8, 4) is 0 Å². The fourth-order valence-corrected chi connectivity index (χ4v) is 1.90. The Bertz CT molecular complexity index is 363. The SMILES string of the molecule is CCOC(C)(C)CNCc1ccc(C)c(Cl)c1. The molecular weight excluding hydrogens is 234 g/mol. The van der Waals surface area contributed by atoms with Crippen LogP contribution in [0.15, 0.2) is 18.2 Å². The summed E-state index contributed by atoms with van der Waals surface area (Å²) < 4.78 is 5.62. The van der Waals surface area contributed by atoms with E-state index >= 15 is 0 Å². The maximum absolute atomic E-state index is 6.08. The van der Waals surface area contributed by atoms with E-state index in [-0.39, 0.29) is 5.60 Å². The number of hydrogen-bond acceptors (Lipinski definition) is 2. The van der Waals surface area contributed by atoms with Crippen LogP contribution in [-0.2, 0) is 11.3 Å². The highest BCUT2D eigenvalue weighted by molar-refractivity contribution is 6.31. The van der Waals surface area contributed by atoms with Crippen molar-refractivity contribution >= 4 is 11.6 Å². The van der Waals surface area contributed by atoms with Gasteiger partial charge in [0.25, 0.3) is 0 Å². The lowest BCUT2D eigenvalue weighted by molar-refractivity contribution is -0.00897. The zero-order valence-corrected chi connectivity index (χ0v) is 11.9. The minimum absolute atomic E-state index is 0.122. The summed E-state index contributed by atoms with van der Waals surface area (Å²) in [6.45, 7) is 10.6. The van der Waals surface area contributed by atoms with Crippen molar-refractivity contribution in [2.24, 2.45) is 0 Å². The van der Waals surface area contributed by atoms with Gasteiger partial charge < -0.3 is 10.1 Å². The number of aryl methyl sites for hydroxylation is 1. The molecule has 96 valence electrons. The van der Waals surface area contributed by atoms with Gasteiger partial charge in [-0.2, -0.15) is 0 Å². The Hall–Kier alpha value is -0.570. The van der Waals surface area contributed by atoms with Crippen LogP contribution in [-0.4, -0.2) is 18.8 Å². The average Bonchev–Trinajstić information content (AvgIpc) is 2.23. The molecule has 0 unspecified atom stereocenters. The van der Waals surface area contributed by atoms with Crippen LogP contribution in [0, 0.1) is 6.92 Å². The highest BCUT2D eigenvalue weighted by Gasteiger charge is 2.16. The Morgan fingerprint density at radius 3 is 2.65 bits per heavy atom. The zero-order valence-electron chi connectivity index (χ0n) is 11.1. The zero-order chi connectivity index (χ0) is 12.9. The summed E-state index contributed by atoms with van der Waals surface area (Å²) in [7, 11) is 0. The second-order valence-corrected chi connectivity index (χ2v) is 5.29. The summed E-state index contributed by atoms with van der Waals surface area (Å²) in [5, 5.41) is 4.22. The quantitative estimate of drug-likeness (QED) is 0.839. The predicted octanol–water partition coefficient (Wildman–Crippen LogP) is 3.55. The molecule has 0 fully saturated rings. The van der Waals surface area contributed by atoms with Crippen LogP contribution in [0.2, 0.25) is 5.02 Å². The molecule has 1 rings (SSSR count). The van der Waals surface area contributed by atoms with E-state index in [0.29, 0.717) is 0 Å². The van der Waals surface area contributed by atoms with Crippen LogP contribution in [0.5, 0.6) is 0 Å². The molecule has 0 saturated carbocycles. The highest BCUT2D eigenvalue weighted by Crippen LogP contribution is 2.16. The van der Waals surface area contributed by atoms with Crippen LogP contribution in [0.3, 0.4) is 0 Å². The van der Waals surface area contributed by atoms with Gasteiger partial charge in [-0.1, -0.05) is 23.7 Å². The van der Waals surface area contributed by atoms with Crippen molar-refractivity contribution in [3.05, 3.63) is 34.3 Å². The lowest BCUT2D eigenvalue weighted by atomic mass is 10.1. The number of nitrogens with one attached hydrogen (secondary N) is 1. The summed E-state index contributed by atoms with van der Waals surface area (Å²) in [5.41, 5.74) is 2.20. The van der Waals surface area contributed by atoms with Gasteiger partial charge in [-0.25, -0.2) is 0 Å². The molecule has 0 bridgehead atoms. The number of rotatable bonds is 6. The van der Waals surface area contributed by atoms with Crippen LogP contribution >= 0.6 is 11.6 Å².